The maximum Gasteiger partial charge on any atom is 0.123 e. The quantitative estimate of drug-likeness (QED) is 0.776. The Morgan fingerprint density at radius 3 is 2.62 bits per heavy atom. The summed E-state index contributed by atoms with van der Waals surface area (Å²) in [5.74, 6) is -0.190. The van der Waals surface area contributed by atoms with Crippen LogP contribution in [-0.2, 0) is 5.54 Å². The van der Waals surface area contributed by atoms with Crippen LogP contribution in [0, 0.1) is 5.82 Å². The molecule has 0 radical (unpaired) electrons. The van der Waals surface area contributed by atoms with Crippen LogP contribution in [0.2, 0.25) is 0 Å². The molecular weight excluding hydrogens is 201 g/mol. The third-order valence-electron chi connectivity index (χ3n) is 3.62. The summed E-state index contributed by atoms with van der Waals surface area (Å²) in [5.41, 5.74) is 7.31. The molecule has 16 heavy (non-hydrogen) atoms. The highest BCUT2D eigenvalue weighted by atomic mass is 19.1. The molecule has 0 bridgehead atoms. The Kier molecular flexibility index (Phi) is 2.01. The molecule has 0 aromatic heterocycles. The van der Waals surface area contributed by atoms with Crippen molar-refractivity contribution in [3.8, 4) is 0 Å². The number of hydrogen-bond acceptors (Lipinski definition) is 1. The predicted octanol–water partition coefficient (Wildman–Crippen LogP) is 3.32. The summed E-state index contributed by atoms with van der Waals surface area (Å²) in [4.78, 5) is 0. The van der Waals surface area contributed by atoms with E-state index in [2.05, 4.69) is 6.07 Å². The molecule has 2 aromatic rings. The molecule has 0 aliphatic heterocycles. The molecule has 1 fully saturated rings. The Labute approximate surface area is 94.1 Å². The minimum Gasteiger partial charge on any atom is -0.321 e. The Hall–Kier alpha value is -1.41. The molecule has 0 spiro atoms. The number of halogens is 1. The van der Waals surface area contributed by atoms with E-state index in [1.807, 2.05) is 18.2 Å². The van der Waals surface area contributed by atoms with Gasteiger partial charge in [-0.1, -0.05) is 24.3 Å². The summed E-state index contributed by atoms with van der Waals surface area (Å²) < 4.78 is 13.1. The van der Waals surface area contributed by atoms with Crippen molar-refractivity contribution < 1.29 is 4.39 Å². The minimum absolute atomic E-state index is 0.183. The van der Waals surface area contributed by atoms with Crippen molar-refractivity contribution in [3.63, 3.8) is 0 Å². The summed E-state index contributed by atoms with van der Waals surface area (Å²) in [6.45, 7) is 0. The monoisotopic (exact) mass is 215 g/mol. The molecule has 2 aromatic carbocycles. The van der Waals surface area contributed by atoms with Gasteiger partial charge in [0.25, 0.3) is 0 Å². The fourth-order valence-electron chi connectivity index (χ4n) is 2.52. The second kappa shape index (κ2) is 3.29. The molecule has 0 amide bonds. The van der Waals surface area contributed by atoms with E-state index in [1.54, 1.807) is 6.07 Å². The molecule has 0 unspecified atom stereocenters. The van der Waals surface area contributed by atoms with Gasteiger partial charge in [0.1, 0.15) is 5.82 Å². The van der Waals surface area contributed by atoms with Gasteiger partial charge < -0.3 is 5.73 Å². The zero-order valence-electron chi connectivity index (χ0n) is 9.04. The smallest absolute Gasteiger partial charge is 0.123 e. The topological polar surface area (TPSA) is 26.0 Å². The van der Waals surface area contributed by atoms with Crippen molar-refractivity contribution in [2.75, 3.05) is 0 Å². The van der Waals surface area contributed by atoms with Crippen LogP contribution in [0.3, 0.4) is 0 Å². The molecule has 0 heterocycles. The van der Waals surface area contributed by atoms with E-state index < -0.39 is 0 Å². The summed E-state index contributed by atoms with van der Waals surface area (Å²) in [6, 6.07) is 10.9. The van der Waals surface area contributed by atoms with Gasteiger partial charge in [-0.25, -0.2) is 4.39 Å². The van der Waals surface area contributed by atoms with E-state index in [0.717, 1.165) is 29.2 Å². The first kappa shape index (κ1) is 9.79. The highest BCUT2D eigenvalue weighted by Crippen LogP contribution is 2.41. The summed E-state index contributed by atoms with van der Waals surface area (Å²) >= 11 is 0. The predicted molar refractivity (Wildman–Crippen MR) is 63.6 cm³/mol. The van der Waals surface area contributed by atoms with Crippen LogP contribution in [0.25, 0.3) is 10.8 Å². The van der Waals surface area contributed by atoms with E-state index in [4.69, 9.17) is 5.73 Å². The van der Waals surface area contributed by atoms with Crippen LogP contribution < -0.4 is 5.73 Å². The van der Waals surface area contributed by atoms with Crippen molar-refractivity contribution >= 4 is 10.8 Å². The van der Waals surface area contributed by atoms with Crippen LogP contribution in [0.1, 0.15) is 24.8 Å². The Morgan fingerprint density at radius 2 is 1.94 bits per heavy atom. The van der Waals surface area contributed by atoms with E-state index in [1.165, 1.54) is 12.5 Å². The van der Waals surface area contributed by atoms with Gasteiger partial charge >= 0.3 is 0 Å². The van der Waals surface area contributed by atoms with Crippen LogP contribution in [0.15, 0.2) is 36.4 Å². The maximum atomic E-state index is 13.1. The highest BCUT2D eigenvalue weighted by Gasteiger charge is 2.35. The number of benzene rings is 2. The van der Waals surface area contributed by atoms with Crippen molar-refractivity contribution in [3.05, 3.63) is 47.8 Å². The van der Waals surface area contributed by atoms with Gasteiger partial charge in [-0.2, -0.15) is 0 Å². The normalized spacial score (nSPS) is 18.4. The van der Waals surface area contributed by atoms with E-state index in [9.17, 15) is 4.39 Å². The zero-order valence-corrected chi connectivity index (χ0v) is 9.04. The second-order valence-electron chi connectivity index (χ2n) is 4.68. The second-order valence-corrected chi connectivity index (χ2v) is 4.68. The third kappa shape index (κ3) is 1.34. The lowest BCUT2D eigenvalue weighted by atomic mass is 9.71. The van der Waals surface area contributed by atoms with Crippen molar-refractivity contribution in [1.82, 2.24) is 0 Å². The molecular formula is C14H14FN. The number of fused-ring (bicyclic) bond motifs is 1. The van der Waals surface area contributed by atoms with Gasteiger partial charge in [0.15, 0.2) is 0 Å². The molecule has 1 saturated carbocycles. The molecule has 1 nitrogen and oxygen atoms in total. The molecule has 1 aliphatic carbocycles. The van der Waals surface area contributed by atoms with Crippen molar-refractivity contribution in [2.24, 2.45) is 5.73 Å². The Morgan fingerprint density at radius 1 is 1.12 bits per heavy atom. The summed E-state index contributed by atoms with van der Waals surface area (Å²) in [5, 5.41) is 2.03. The number of nitrogens with two attached hydrogens (primary N) is 1. The zero-order chi connectivity index (χ0) is 11.2. The summed E-state index contributed by atoms with van der Waals surface area (Å²) in [7, 11) is 0. The SMILES string of the molecule is NC1(c2cccc3cc(F)ccc23)CCC1. The average Bonchev–Trinajstić information content (AvgIpc) is 2.24. The molecule has 0 atom stereocenters. The van der Waals surface area contributed by atoms with Gasteiger partial charge in [-0.3, -0.25) is 0 Å². The van der Waals surface area contributed by atoms with Crippen LogP contribution >= 0.6 is 0 Å². The van der Waals surface area contributed by atoms with Crippen LogP contribution in [0.5, 0.6) is 0 Å². The first-order valence-electron chi connectivity index (χ1n) is 5.67. The lowest BCUT2D eigenvalue weighted by Crippen LogP contribution is -2.43. The molecule has 2 N–H and O–H groups in total. The number of hydrogen-bond donors (Lipinski definition) is 1. The van der Waals surface area contributed by atoms with Gasteiger partial charge in [0.2, 0.25) is 0 Å². The standard InChI is InChI=1S/C14H14FN/c15-11-5-6-12-10(9-11)3-1-4-13(12)14(16)7-2-8-14/h1,3-6,9H,2,7-8,16H2. The van der Waals surface area contributed by atoms with Crippen LogP contribution in [-0.4, -0.2) is 0 Å². The van der Waals surface area contributed by atoms with E-state index in [-0.39, 0.29) is 11.4 Å². The highest BCUT2D eigenvalue weighted by molar-refractivity contribution is 5.86. The molecule has 0 saturated heterocycles. The van der Waals surface area contributed by atoms with E-state index >= 15 is 0 Å². The van der Waals surface area contributed by atoms with Crippen LogP contribution in [0.4, 0.5) is 4.39 Å². The van der Waals surface area contributed by atoms with Gasteiger partial charge in [0, 0.05) is 5.54 Å². The average molecular weight is 215 g/mol. The maximum absolute atomic E-state index is 13.1. The largest absolute Gasteiger partial charge is 0.321 e. The lowest BCUT2D eigenvalue weighted by Gasteiger charge is -2.39. The lowest BCUT2D eigenvalue weighted by molar-refractivity contribution is 0.256. The first-order chi connectivity index (χ1) is 7.69. The summed E-state index contributed by atoms with van der Waals surface area (Å²) in [6.07, 6.45) is 3.25. The van der Waals surface area contributed by atoms with Crippen molar-refractivity contribution in [2.45, 2.75) is 24.8 Å². The van der Waals surface area contributed by atoms with Gasteiger partial charge in [-0.05, 0) is 47.7 Å². The Bertz CT molecular complexity index is 543. The Balaban J connectivity index is 2.25. The van der Waals surface area contributed by atoms with E-state index in [0.29, 0.717) is 0 Å². The molecule has 3 rings (SSSR count). The fraction of sp³-hybridized carbons (Fsp3) is 0.286. The first-order valence-corrected chi connectivity index (χ1v) is 5.67. The third-order valence-corrected chi connectivity index (χ3v) is 3.62. The fourth-order valence-corrected chi connectivity index (χ4v) is 2.52. The molecule has 82 valence electrons. The van der Waals surface area contributed by atoms with Crippen molar-refractivity contribution in [1.29, 1.82) is 0 Å². The minimum atomic E-state index is -0.190. The molecule has 2 heteroatoms. The number of rotatable bonds is 1. The molecule has 1 aliphatic rings. The van der Waals surface area contributed by atoms with Gasteiger partial charge in [-0.15, -0.1) is 0 Å². The van der Waals surface area contributed by atoms with Gasteiger partial charge in [0.05, 0.1) is 0 Å².